The number of methoxy groups -OCH3 is 2. The molecule has 0 saturated carbocycles. The van der Waals surface area contributed by atoms with Crippen molar-refractivity contribution in [2.75, 3.05) is 34.5 Å². The number of imidazole rings is 1. The van der Waals surface area contributed by atoms with Crippen LogP contribution in [-0.2, 0) is 28.1 Å². The first-order chi connectivity index (χ1) is 29.0. The summed E-state index contributed by atoms with van der Waals surface area (Å²) in [4.78, 5) is 31.2. The molecule has 0 radical (unpaired) electrons. The largest absolute Gasteiger partial charge is 0.497 e. The third-order valence-electron chi connectivity index (χ3n) is 9.86. The monoisotopic (exact) mass is 828 g/mol. The van der Waals surface area contributed by atoms with Crippen molar-refractivity contribution in [1.82, 2.24) is 29.1 Å². The highest BCUT2D eigenvalue weighted by molar-refractivity contribution is 7.50. The van der Waals surface area contributed by atoms with Crippen molar-refractivity contribution in [3.8, 4) is 23.3 Å². The molecule has 1 unspecified atom stereocenters. The van der Waals surface area contributed by atoms with Gasteiger partial charge in [-0.3, -0.25) is 19.0 Å². The predicted octanol–water partition coefficient (Wildman–Crippen LogP) is 8.72. The number of nitrogens with one attached hydrogen (secondary N) is 1. The number of hydrogen-bond donors (Lipinski definition) is 1. The summed E-state index contributed by atoms with van der Waals surface area (Å²) in [5.74, 6) is 1.61. The van der Waals surface area contributed by atoms with E-state index in [1.54, 1.807) is 36.4 Å². The molecule has 1 N–H and O–H groups in total. The van der Waals surface area contributed by atoms with Crippen LogP contribution in [0.25, 0.3) is 16.9 Å². The van der Waals surface area contributed by atoms with Crippen LogP contribution in [0.3, 0.4) is 0 Å². The van der Waals surface area contributed by atoms with Gasteiger partial charge in [-0.2, -0.15) is 10.2 Å². The molecular formula is C46H53N8O5P. The fraction of sp³-hybridized carbons (Fsp3) is 0.326. The summed E-state index contributed by atoms with van der Waals surface area (Å²) in [5, 5.41) is 9.56. The summed E-state index contributed by atoms with van der Waals surface area (Å²) in [6, 6.07) is 34.9. The minimum Gasteiger partial charge on any atom is -0.497 e. The fourth-order valence-electron chi connectivity index (χ4n) is 7.29. The average Bonchev–Trinajstić information content (AvgIpc) is 3.69. The molecule has 6 aromatic rings. The first kappa shape index (κ1) is 43.7. The minimum atomic E-state index is -1.11. The van der Waals surface area contributed by atoms with Gasteiger partial charge >= 0.3 is 0 Å². The smallest absolute Gasteiger partial charge is 0.280 e. The molecule has 6 rings (SSSR count). The van der Waals surface area contributed by atoms with E-state index in [4.69, 9.17) is 23.7 Å². The van der Waals surface area contributed by atoms with E-state index in [2.05, 4.69) is 71.6 Å². The Morgan fingerprint density at radius 1 is 0.867 bits per heavy atom. The molecule has 0 saturated heterocycles. The zero-order valence-electron chi connectivity index (χ0n) is 35.5. The maximum Gasteiger partial charge on any atom is 0.280 e. The minimum absolute atomic E-state index is 0.156. The lowest BCUT2D eigenvalue weighted by atomic mass is 9.80. The standard InChI is InChI=1S/C46H53N8O5P/c1-32(2)54(33(3)4)60(24-12-23-47)59-29-35-25-34(26-39(27-35)53-31-48-42-43(53)50-45(51-44(42)55)49-30-52(5)6)28-58-46(36-13-10-9-11-14-36,37-15-19-40(56-7)20-16-37)38-17-21-41(57-8)22-18-38/h9-11,13-22,25-27,30-33H,12,24,28-29H2,1-8H3,(H,50,51,55)/b49-30+. The van der Waals surface area contributed by atoms with Crippen LogP contribution in [-0.4, -0.2) is 82.0 Å². The number of aliphatic imine (C=N–C) groups is 1. The Morgan fingerprint density at radius 3 is 2.00 bits per heavy atom. The summed E-state index contributed by atoms with van der Waals surface area (Å²) in [5.41, 5.74) is 4.24. The number of H-pyrrole nitrogens is 1. The lowest BCUT2D eigenvalue weighted by Gasteiger charge is -2.37. The highest BCUT2D eigenvalue weighted by Gasteiger charge is 2.38. The maximum atomic E-state index is 13.2. The van der Waals surface area contributed by atoms with Crippen LogP contribution in [0.15, 0.2) is 113 Å². The van der Waals surface area contributed by atoms with Gasteiger partial charge in [-0.25, -0.2) is 9.98 Å². The van der Waals surface area contributed by atoms with Gasteiger partial charge in [0.15, 0.2) is 11.2 Å². The van der Waals surface area contributed by atoms with Crippen molar-refractivity contribution >= 4 is 31.8 Å². The summed E-state index contributed by atoms with van der Waals surface area (Å²) >= 11 is 0. The average molecular weight is 829 g/mol. The molecule has 0 aliphatic rings. The molecule has 2 aromatic heterocycles. The second-order valence-corrected chi connectivity index (χ2v) is 16.9. The van der Waals surface area contributed by atoms with Gasteiger partial charge in [-0.15, -0.1) is 0 Å². The molecule has 13 nitrogen and oxygen atoms in total. The number of hydrogen-bond acceptors (Lipinski definition) is 10. The van der Waals surface area contributed by atoms with E-state index in [9.17, 15) is 10.1 Å². The normalized spacial score (nSPS) is 12.4. The SMILES string of the molecule is COc1ccc(C(OCc2cc(COP(CCC#N)N(C(C)C)C(C)C)cc(-n3cnc4c(=O)[nH]c(/N=C/N(C)C)nc43)c2)(c2ccccc2)c2ccc(OC)cc2)cc1. The fourth-order valence-corrected chi connectivity index (χ4v) is 9.40. The Bertz CT molecular complexity index is 2400. The van der Waals surface area contributed by atoms with Gasteiger partial charge in [0, 0.05) is 44.4 Å². The van der Waals surface area contributed by atoms with E-state index in [1.165, 1.54) is 0 Å². The molecule has 0 spiro atoms. The van der Waals surface area contributed by atoms with Crippen LogP contribution in [0.4, 0.5) is 5.95 Å². The van der Waals surface area contributed by atoms with Crippen molar-refractivity contribution in [3.05, 3.63) is 142 Å². The van der Waals surface area contributed by atoms with Gasteiger partial charge in [-0.1, -0.05) is 60.7 Å². The maximum absolute atomic E-state index is 13.2. The Labute approximate surface area is 353 Å². The summed E-state index contributed by atoms with van der Waals surface area (Å²) in [6.45, 7) is 9.06. The Kier molecular flexibility index (Phi) is 14.5. The number of nitrogens with zero attached hydrogens (tertiary/aromatic N) is 7. The molecule has 60 heavy (non-hydrogen) atoms. The number of fused-ring (bicyclic) bond motifs is 1. The van der Waals surface area contributed by atoms with Crippen molar-refractivity contribution in [2.45, 2.75) is 65.0 Å². The summed E-state index contributed by atoms with van der Waals surface area (Å²) in [7, 11) is 5.87. The van der Waals surface area contributed by atoms with Crippen LogP contribution in [0.2, 0.25) is 0 Å². The predicted molar refractivity (Wildman–Crippen MR) is 237 cm³/mol. The van der Waals surface area contributed by atoms with Gasteiger partial charge in [0.2, 0.25) is 5.95 Å². The summed E-state index contributed by atoms with van der Waals surface area (Å²) < 4.78 is 29.4. The zero-order chi connectivity index (χ0) is 42.8. The molecule has 0 amide bonds. The highest BCUT2D eigenvalue weighted by atomic mass is 31.2. The molecule has 2 heterocycles. The number of nitriles is 1. The molecule has 0 bridgehead atoms. The van der Waals surface area contributed by atoms with Crippen molar-refractivity contribution in [1.29, 1.82) is 5.26 Å². The Morgan fingerprint density at radius 2 is 1.45 bits per heavy atom. The molecule has 14 heteroatoms. The molecule has 4 aromatic carbocycles. The number of ether oxygens (including phenoxy) is 3. The van der Waals surface area contributed by atoms with E-state index in [1.807, 2.05) is 93.0 Å². The molecule has 312 valence electrons. The number of benzene rings is 4. The van der Waals surface area contributed by atoms with Gasteiger partial charge < -0.3 is 23.6 Å². The second-order valence-electron chi connectivity index (χ2n) is 15.0. The van der Waals surface area contributed by atoms with Crippen LogP contribution >= 0.6 is 8.30 Å². The highest BCUT2D eigenvalue weighted by Crippen LogP contribution is 2.46. The molecular weight excluding hydrogens is 776 g/mol. The van der Waals surface area contributed by atoms with E-state index in [0.29, 0.717) is 23.9 Å². The topological polar surface area (TPSA) is 143 Å². The number of aromatic amines is 1. The van der Waals surface area contributed by atoms with Gasteiger partial charge in [0.1, 0.15) is 31.7 Å². The van der Waals surface area contributed by atoms with Crippen LogP contribution < -0.4 is 15.0 Å². The molecule has 0 fully saturated rings. The first-order valence-corrected chi connectivity index (χ1v) is 21.2. The van der Waals surface area contributed by atoms with Gasteiger partial charge in [0.25, 0.3) is 5.56 Å². The number of rotatable bonds is 19. The third kappa shape index (κ3) is 9.92. The van der Waals surface area contributed by atoms with E-state index >= 15 is 0 Å². The van der Waals surface area contributed by atoms with Crippen molar-refractivity contribution in [2.24, 2.45) is 4.99 Å². The molecule has 1 atom stereocenters. The van der Waals surface area contributed by atoms with Gasteiger partial charge in [-0.05, 0) is 91.9 Å². The van der Waals surface area contributed by atoms with E-state index in [-0.39, 0.29) is 36.8 Å². The molecule has 0 aliphatic heterocycles. The lowest BCUT2D eigenvalue weighted by Crippen LogP contribution is -2.33. The second kappa shape index (κ2) is 19.9. The lowest BCUT2D eigenvalue weighted by molar-refractivity contribution is 0.000147. The molecule has 0 aliphatic carbocycles. The third-order valence-corrected chi connectivity index (χ3v) is 12.3. The van der Waals surface area contributed by atoms with E-state index in [0.717, 1.165) is 39.3 Å². The zero-order valence-corrected chi connectivity index (χ0v) is 36.4. The Hall–Kier alpha value is -5.90. The Balaban J connectivity index is 1.50. The van der Waals surface area contributed by atoms with E-state index < -0.39 is 19.5 Å². The summed E-state index contributed by atoms with van der Waals surface area (Å²) in [6.07, 6.45) is 4.18. The van der Waals surface area contributed by atoms with Crippen LogP contribution in [0.1, 0.15) is 61.9 Å². The quantitative estimate of drug-likeness (QED) is 0.0365. The van der Waals surface area contributed by atoms with Gasteiger partial charge in [0.05, 0.1) is 39.8 Å². The first-order valence-electron chi connectivity index (χ1n) is 19.8. The van der Waals surface area contributed by atoms with Crippen LogP contribution in [0, 0.1) is 11.3 Å². The van der Waals surface area contributed by atoms with Crippen LogP contribution in [0.5, 0.6) is 11.5 Å². The van der Waals surface area contributed by atoms with Crippen molar-refractivity contribution < 1.29 is 18.7 Å². The van der Waals surface area contributed by atoms with Crippen molar-refractivity contribution in [3.63, 3.8) is 0 Å². The number of aromatic nitrogens is 4.